The van der Waals surface area contributed by atoms with Gasteiger partial charge in [0.15, 0.2) is 0 Å². The van der Waals surface area contributed by atoms with Gasteiger partial charge in [0.1, 0.15) is 17.2 Å². The Morgan fingerprint density at radius 1 is 1.33 bits per heavy atom. The number of nitrogens with zero attached hydrogens (tertiary/aromatic N) is 1. The quantitative estimate of drug-likeness (QED) is 0.851. The molecule has 1 aromatic heterocycles. The van der Waals surface area contributed by atoms with Crippen molar-refractivity contribution in [1.29, 1.82) is 0 Å². The Balaban J connectivity index is 1.87. The zero-order valence-electron chi connectivity index (χ0n) is 13.3. The summed E-state index contributed by atoms with van der Waals surface area (Å²) in [7, 11) is 2.75. The number of fused-ring (bicyclic) bond motifs is 1. The predicted molar refractivity (Wildman–Crippen MR) is 90.2 cm³/mol. The number of rotatable bonds is 4. The van der Waals surface area contributed by atoms with E-state index >= 15 is 0 Å². The number of hydrogen-bond donors (Lipinski definition) is 1. The van der Waals surface area contributed by atoms with Gasteiger partial charge in [-0.2, -0.15) is 4.98 Å². The standard InChI is InChI=1S/C17H17FN2O3S/c1-22-16-11(17(21)23-2)4-6-15(20-16)19-13-7-8-24-14-5-3-10(18)9-12(13)14/h3-6,9,13H,7-8H2,1-2H3,(H,19,20). The molecule has 0 aliphatic carbocycles. The Morgan fingerprint density at radius 2 is 2.17 bits per heavy atom. The highest BCUT2D eigenvalue weighted by atomic mass is 32.2. The van der Waals surface area contributed by atoms with Gasteiger partial charge in [-0.25, -0.2) is 9.18 Å². The van der Waals surface area contributed by atoms with Gasteiger partial charge in [0.2, 0.25) is 5.88 Å². The van der Waals surface area contributed by atoms with Gasteiger partial charge in [-0.3, -0.25) is 0 Å². The molecule has 0 amide bonds. The molecular formula is C17H17FN2O3S. The van der Waals surface area contributed by atoms with E-state index in [1.54, 1.807) is 36.0 Å². The van der Waals surface area contributed by atoms with Crippen molar-refractivity contribution in [3.05, 3.63) is 47.3 Å². The summed E-state index contributed by atoms with van der Waals surface area (Å²) in [6, 6.07) is 8.08. The van der Waals surface area contributed by atoms with Crippen molar-refractivity contribution >= 4 is 23.5 Å². The van der Waals surface area contributed by atoms with Gasteiger partial charge in [0.05, 0.1) is 20.3 Å². The molecule has 24 heavy (non-hydrogen) atoms. The monoisotopic (exact) mass is 348 g/mol. The van der Waals surface area contributed by atoms with E-state index in [0.717, 1.165) is 22.6 Å². The molecule has 1 aromatic carbocycles. The summed E-state index contributed by atoms with van der Waals surface area (Å²) in [5, 5.41) is 3.30. The number of esters is 1. The van der Waals surface area contributed by atoms with Gasteiger partial charge < -0.3 is 14.8 Å². The maximum atomic E-state index is 13.6. The van der Waals surface area contributed by atoms with E-state index < -0.39 is 5.97 Å². The predicted octanol–water partition coefficient (Wildman–Crippen LogP) is 3.66. The zero-order chi connectivity index (χ0) is 17.1. The van der Waals surface area contributed by atoms with Crippen molar-refractivity contribution in [2.45, 2.75) is 17.4 Å². The van der Waals surface area contributed by atoms with Gasteiger partial charge >= 0.3 is 5.97 Å². The molecule has 5 nitrogen and oxygen atoms in total. The van der Waals surface area contributed by atoms with E-state index in [4.69, 9.17) is 9.47 Å². The average Bonchev–Trinajstić information content (AvgIpc) is 2.61. The van der Waals surface area contributed by atoms with Crippen molar-refractivity contribution in [2.75, 3.05) is 25.3 Å². The summed E-state index contributed by atoms with van der Waals surface area (Å²) in [4.78, 5) is 17.1. The molecule has 1 unspecified atom stereocenters. The lowest BCUT2D eigenvalue weighted by molar-refractivity contribution is 0.0596. The van der Waals surface area contributed by atoms with E-state index in [-0.39, 0.29) is 23.3 Å². The van der Waals surface area contributed by atoms with Crippen LogP contribution in [-0.2, 0) is 4.74 Å². The van der Waals surface area contributed by atoms with Crippen molar-refractivity contribution in [3.63, 3.8) is 0 Å². The average molecular weight is 348 g/mol. The molecule has 0 bridgehead atoms. The smallest absolute Gasteiger partial charge is 0.343 e. The highest BCUT2D eigenvalue weighted by molar-refractivity contribution is 7.99. The Bertz CT molecular complexity index is 769. The molecule has 7 heteroatoms. The number of benzene rings is 1. The fourth-order valence-electron chi connectivity index (χ4n) is 2.64. The first-order chi connectivity index (χ1) is 11.6. The molecule has 0 radical (unpaired) electrons. The first-order valence-electron chi connectivity index (χ1n) is 7.44. The summed E-state index contributed by atoms with van der Waals surface area (Å²) in [5.74, 6) is 0.929. The number of nitrogens with one attached hydrogen (secondary N) is 1. The number of carbonyl (C=O) groups is 1. The number of halogens is 1. The number of aromatic nitrogens is 1. The van der Waals surface area contributed by atoms with Crippen LogP contribution in [0.1, 0.15) is 28.4 Å². The van der Waals surface area contributed by atoms with E-state index in [1.807, 2.05) is 0 Å². The molecule has 0 saturated carbocycles. The molecule has 1 aliphatic rings. The Labute approximate surface area is 143 Å². The molecule has 2 heterocycles. The van der Waals surface area contributed by atoms with E-state index in [1.165, 1.54) is 20.3 Å². The third-order valence-corrected chi connectivity index (χ3v) is 4.92. The Hall–Kier alpha value is -2.28. The molecule has 1 atom stereocenters. The van der Waals surface area contributed by atoms with Gasteiger partial charge in [-0.15, -0.1) is 11.8 Å². The van der Waals surface area contributed by atoms with Gasteiger partial charge in [-0.05, 0) is 42.3 Å². The summed E-state index contributed by atoms with van der Waals surface area (Å²) >= 11 is 1.72. The normalized spacial score (nSPS) is 16.2. The van der Waals surface area contributed by atoms with Crippen LogP contribution >= 0.6 is 11.8 Å². The Kier molecular flexibility index (Phi) is 4.89. The van der Waals surface area contributed by atoms with E-state index in [0.29, 0.717) is 5.82 Å². The lowest BCUT2D eigenvalue weighted by atomic mass is 10.0. The van der Waals surface area contributed by atoms with Crippen molar-refractivity contribution in [2.24, 2.45) is 0 Å². The van der Waals surface area contributed by atoms with Gasteiger partial charge in [0.25, 0.3) is 0 Å². The minimum absolute atomic E-state index is 0.0434. The highest BCUT2D eigenvalue weighted by Gasteiger charge is 2.22. The fraction of sp³-hybridized carbons (Fsp3) is 0.294. The number of methoxy groups -OCH3 is 2. The van der Waals surface area contributed by atoms with Gasteiger partial charge in [-0.1, -0.05) is 0 Å². The lowest BCUT2D eigenvalue weighted by Gasteiger charge is -2.26. The van der Waals surface area contributed by atoms with Crippen LogP contribution in [0.3, 0.4) is 0 Å². The number of thioether (sulfide) groups is 1. The third kappa shape index (κ3) is 3.31. The van der Waals surface area contributed by atoms with Crippen LogP contribution in [0.2, 0.25) is 0 Å². The summed E-state index contributed by atoms with van der Waals surface area (Å²) in [5.41, 5.74) is 1.18. The van der Waals surface area contributed by atoms with Crippen LogP contribution in [0.4, 0.5) is 10.2 Å². The first kappa shape index (κ1) is 16.6. The fourth-order valence-corrected chi connectivity index (χ4v) is 3.74. The van der Waals surface area contributed by atoms with Crippen LogP contribution in [0.5, 0.6) is 5.88 Å². The van der Waals surface area contributed by atoms with Crippen molar-refractivity contribution < 1.29 is 18.7 Å². The van der Waals surface area contributed by atoms with Crippen molar-refractivity contribution in [1.82, 2.24) is 4.98 Å². The molecule has 2 aromatic rings. The van der Waals surface area contributed by atoms with E-state index in [2.05, 4.69) is 10.3 Å². The molecule has 0 saturated heterocycles. The number of pyridine rings is 1. The molecule has 0 fully saturated rings. The van der Waals surface area contributed by atoms with Crippen LogP contribution in [0, 0.1) is 5.82 Å². The number of anilines is 1. The molecule has 126 valence electrons. The third-order valence-electron chi connectivity index (χ3n) is 3.79. The van der Waals surface area contributed by atoms with Crippen LogP contribution in [0.25, 0.3) is 0 Å². The number of hydrogen-bond acceptors (Lipinski definition) is 6. The van der Waals surface area contributed by atoms with Crippen LogP contribution in [0.15, 0.2) is 35.2 Å². The maximum absolute atomic E-state index is 13.6. The summed E-state index contributed by atoms with van der Waals surface area (Å²) < 4.78 is 23.5. The van der Waals surface area contributed by atoms with Crippen LogP contribution in [-0.4, -0.2) is 30.9 Å². The van der Waals surface area contributed by atoms with Crippen LogP contribution < -0.4 is 10.1 Å². The molecule has 3 rings (SSSR count). The molecule has 1 N–H and O–H groups in total. The SMILES string of the molecule is COC(=O)c1ccc(NC2CCSc3ccc(F)cc32)nc1OC. The number of ether oxygens (including phenoxy) is 2. The topological polar surface area (TPSA) is 60.5 Å². The molecule has 0 spiro atoms. The lowest BCUT2D eigenvalue weighted by Crippen LogP contribution is -2.17. The molecular weight excluding hydrogens is 331 g/mol. The second kappa shape index (κ2) is 7.09. The zero-order valence-corrected chi connectivity index (χ0v) is 14.2. The minimum Gasteiger partial charge on any atom is -0.480 e. The van der Waals surface area contributed by atoms with Gasteiger partial charge in [0, 0.05) is 10.6 Å². The summed E-state index contributed by atoms with van der Waals surface area (Å²) in [6.45, 7) is 0. The maximum Gasteiger partial charge on any atom is 0.343 e. The minimum atomic E-state index is -0.507. The second-order valence-corrected chi connectivity index (χ2v) is 6.40. The highest BCUT2D eigenvalue weighted by Crippen LogP contribution is 2.38. The number of carbonyl (C=O) groups excluding carboxylic acids is 1. The first-order valence-corrected chi connectivity index (χ1v) is 8.43. The molecule has 1 aliphatic heterocycles. The second-order valence-electron chi connectivity index (χ2n) is 5.26. The summed E-state index contributed by atoms with van der Waals surface area (Å²) in [6.07, 6.45) is 0.851. The Morgan fingerprint density at radius 3 is 2.92 bits per heavy atom. The van der Waals surface area contributed by atoms with E-state index in [9.17, 15) is 9.18 Å². The van der Waals surface area contributed by atoms with Crippen molar-refractivity contribution in [3.8, 4) is 5.88 Å². The largest absolute Gasteiger partial charge is 0.480 e.